The molecule has 0 spiro atoms. The molecular weight excluding hydrogens is 268 g/mol. The third-order valence-electron chi connectivity index (χ3n) is 3.71. The lowest BCUT2D eigenvalue weighted by Gasteiger charge is -2.12. The fraction of sp³-hybridized carbons (Fsp3) is 0.688. The maximum Gasteiger partial charge on any atom is 0.253 e. The normalized spacial score (nSPS) is 14.0. The molecule has 0 radical (unpaired) electrons. The number of hydrogen-bond donors (Lipinski definition) is 1. The van der Waals surface area contributed by atoms with Crippen LogP contribution in [0.1, 0.15) is 57.8 Å². The zero-order chi connectivity index (χ0) is 15.5. The van der Waals surface area contributed by atoms with Crippen LogP contribution in [0.5, 0.6) is 0 Å². The van der Waals surface area contributed by atoms with E-state index < -0.39 is 0 Å². The summed E-state index contributed by atoms with van der Waals surface area (Å²) in [5.41, 5.74) is 0. The number of imide groups is 1. The Morgan fingerprint density at radius 3 is 1.90 bits per heavy atom. The van der Waals surface area contributed by atoms with Crippen molar-refractivity contribution >= 4 is 17.7 Å². The van der Waals surface area contributed by atoms with Crippen LogP contribution in [-0.4, -0.2) is 36.2 Å². The van der Waals surface area contributed by atoms with E-state index in [9.17, 15) is 14.4 Å². The van der Waals surface area contributed by atoms with Gasteiger partial charge in [0.1, 0.15) is 0 Å². The third kappa shape index (κ3) is 7.06. The van der Waals surface area contributed by atoms with E-state index in [-0.39, 0.29) is 17.7 Å². The summed E-state index contributed by atoms with van der Waals surface area (Å²) >= 11 is 0. The van der Waals surface area contributed by atoms with Crippen molar-refractivity contribution in [3.8, 4) is 0 Å². The van der Waals surface area contributed by atoms with E-state index in [4.69, 9.17) is 0 Å². The summed E-state index contributed by atoms with van der Waals surface area (Å²) in [5.74, 6) is -0.247. The fourth-order valence-corrected chi connectivity index (χ4v) is 2.39. The van der Waals surface area contributed by atoms with Gasteiger partial charge in [-0.3, -0.25) is 19.3 Å². The van der Waals surface area contributed by atoms with Crippen molar-refractivity contribution in [1.82, 2.24) is 10.2 Å². The lowest BCUT2D eigenvalue weighted by molar-refractivity contribution is -0.136. The molecule has 1 rings (SSSR count). The first-order valence-corrected chi connectivity index (χ1v) is 7.89. The van der Waals surface area contributed by atoms with Crippen LogP contribution >= 0.6 is 0 Å². The molecule has 5 nitrogen and oxygen atoms in total. The van der Waals surface area contributed by atoms with Gasteiger partial charge in [-0.2, -0.15) is 0 Å². The number of carbonyl (C=O) groups excluding carboxylic acids is 3. The minimum absolute atomic E-state index is 0.121. The largest absolute Gasteiger partial charge is 0.359 e. The van der Waals surface area contributed by atoms with Crippen LogP contribution in [0.15, 0.2) is 12.2 Å². The zero-order valence-corrected chi connectivity index (χ0v) is 12.9. The van der Waals surface area contributed by atoms with Crippen molar-refractivity contribution in [2.24, 2.45) is 0 Å². The summed E-state index contributed by atoms with van der Waals surface area (Å²) in [4.78, 5) is 34.9. The predicted molar refractivity (Wildman–Crippen MR) is 81.5 cm³/mol. The SMILES string of the molecule is CNC(=O)CCCCCCCCCCN1C(=O)C=CC1=O. The molecule has 1 heterocycles. The summed E-state index contributed by atoms with van der Waals surface area (Å²) in [7, 11) is 1.67. The molecule has 0 saturated carbocycles. The Balaban J connectivity index is 1.86. The molecule has 1 aliphatic rings. The Bertz CT molecular complexity index is 373. The number of rotatable bonds is 11. The van der Waals surface area contributed by atoms with Gasteiger partial charge in [0, 0.05) is 32.2 Å². The van der Waals surface area contributed by atoms with Gasteiger partial charge < -0.3 is 5.32 Å². The Labute approximate surface area is 126 Å². The van der Waals surface area contributed by atoms with Gasteiger partial charge in [0.05, 0.1) is 0 Å². The number of nitrogens with one attached hydrogen (secondary N) is 1. The van der Waals surface area contributed by atoms with E-state index in [1.807, 2.05) is 0 Å². The van der Waals surface area contributed by atoms with Crippen molar-refractivity contribution in [3.05, 3.63) is 12.2 Å². The van der Waals surface area contributed by atoms with Crippen LogP contribution in [0.4, 0.5) is 0 Å². The molecule has 0 aromatic carbocycles. The van der Waals surface area contributed by atoms with Crippen molar-refractivity contribution in [3.63, 3.8) is 0 Å². The van der Waals surface area contributed by atoms with Gasteiger partial charge in [-0.15, -0.1) is 0 Å². The first-order chi connectivity index (χ1) is 10.1. The molecule has 0 aromatic rings. The summed E-state index contributed by atoms with van der Waals surface area (Å²) in [5, 5.41) is 2.62. The van der Waals surface area contributed by atoms with Gasteiger partial charge in [0.2, 0.25) is 5.91 Å². The molecule has 1 N–H and O–H groups in total. The molecule has 0 bridgehead atoms. The quantitative estimate of drug-likeness (QED) is 0.469. The Hall–Kier alpha value is -1.65. The Kier molecular flexibility index (Phi) is 8.40. The van der Waals surface area contributed by atoms with Gasteiger partial charge in [0.25, 0.3) is 11.8 Å². The summed E-state index contributed by atoms with van der Waals surface area (Å²) < 4.78 is 0. The summed E-state index contributed by atoms with van der Waals surface area (Å²) in [6.07, 6.45) is 12.0. The number of nitrogens with zero attached hydrogens (tertiary/aromatic N) is 1. The third-order valence-corrected chi connectivity index (χ3v) is 3.71. The average molecular weight is 294 g/mol. The van der Waals surface area contributed by atoms with Crippen molar-refractivity contribution in [2.45, 2.75) is 57.8 Å². The van der Waals surface area contributed by atoms with Crippen LogP contribution in [0.25, 0.3) is 0 Å². The highest BCUT2D eigenvalue weighted by molar-refractivity contribution is 6.12. The van der Waals surface area contributed by atoms with Gasteiger partial charge in [0.15, 0.2) is 0 Å². The molecule has 118 valence electrons. The molecular formula is C16H26N2O3. The topological polar surface area (TPSA) is 66.5 Å². The molecule has 3 amide bonds. The lowest BCUT2D eigenvalue weighted by Crippen LogP contribution is -2.30. The monoisotopic (exact) mass is 294 g/mol. The van der Waals surface area contributed by atoms with Gasteiger partial charge >= 0.3 is 0 Å². The number of unbranched alkanes of at least 4 members (excludes halogenated alkanes) is 7. The minimum Gasteiger partial charge on any atom is -0.359 e. The maximum atomic E-state index is 11.3. The van der Waals surface area contributed by atoms with E-state index in [1.165, 1.54) is 36.3 Å². The van der Waals surface area contributed by atoms with E-state index in [0.29, 0.717) is 13.0 Å². The number of carbonyl (C=O) groups is 3. The predicted octanol–water partition coefficient (Wildman–Crippen LogP) is 2.17. The Morgan fingerprint density at radius 2 is 1.38 bits per heavy atom. The standard InChI is InChI=1S/C16H26N2O3/c1-17-14(19)10-8-6-4-2-3-5-7-9-13-18-15(20)11-12-16(18)21/h11-12H,2-10,13H2,1H3,(H,17,19). The average Bonchev–Trinajstić information content (AvgIpc) is 2.80. The first kappa shape index (κ1) is 17.4. The molecule has 0 atom stereocenters. The van der Waals surface area contributed by atoms with Gasteiger partial charge in [-0.1, -0.05) is 38.5 Å². The fourth-order valence-electron chi connectivity index (χ4n) is 2.39. The highest BCUT2D eigenvalue weighted by atomic mass is 16.2. The highest BCUT2D eigenvalue weighted by Gasteiger charge is 2.21. The minimum atomic E-state index is -0.184. The summed E-state index contributed by atoms with van der Waals surface area (Å²) in [6.45, 7) is 0.538. The van der Waals surface area contributed by atoms with Gasteiger partial charge in [-0.05, 0) is 12.8 Å². The van der Waals surface area contributed by atoms with E-state index in [0.717, 1.165) is 32.1 Å². The van der Waals surface area contributed by atoms with Crippen LogP contribution in [0.3, 0.4) is 0 Å². The van der Waals surface area contributed by atoms with Crippen LogP contribution in [-0.2, 0) is 14.4 Å². The van der Waals surface area contributed by atoms with Crippen molar-refractivity contribution in [2.75, 3.05) is 13.6 Å². The smallest absolute Gasteiger partial charge is 0.253 e. The maximum absolute atomic E-state index is 11.3. The lowest BCUT2D eigenvalue weighted by atomic mass is 10.1. The first-order valence-electron chi connectivity index (χ1n) is 7.89. The van der Waals surface area contributed by atoms with E-state index >= 15 is 0 Å². The molecule has 0 fully saturated rings. The molecule has 0 unspecified atom stereocenters. The number of hydrogen-bond acceptors (Lipinski definition) is 3. The molecule has 5 heteroatoms. The van der Waals surface area contributed by atoms with Gasteiger partial charge in [-0.25, -0.2) is 0 Å². The van der Waals surface area contributed by atoms with E-state index in [1.54, 1.807) is 7.05 Å². The van der Waals surface area contributed by atoms with Crippen molar-refractivity contribution < 1.29 is 14.4 Å². The second-order valence-corrected chi connectivity index (χ2v) is 5.41. The second kappa shape index (κ2) is 10.1. The molecule has 1 aliphatic heterocycles. The molecule has 0 aliphatic carbocycles. The zero-order valence-electron chi connectivity index (χ0n) is 12.9. The van der Waals surface area contributed by atoms with Crippen molar-refractivity contribution in [1.29, 1.82) is 0 Å². The Morgan fingerprint density at radius 1 is 0.905 bits per heavy atom. The van der Waals surface area contributed by atoms with Crippen LogP contribution in [0, 0.1) is 0 Å². The summed E-state index contributed by atoms with van der Waals surface area (Å²) in [6, 6.07) is 0. The molecule has 0 aromatic heterocycles. The van der Waals surface area contributed by atoms with Crippen LogP contribution < -0.4 is 5.32 Å². The molecule has 0 saturated heterocycles. The number of amides is 3. The van der Waals surface area contributed by atoms with E-state index in [2.05, 4.69) is 5.32 Å². The molecule has 21 heavy (non-hydrogen) atoms. The highest BCUT2D eigenvalue weighted by Crippen LogP contribution is 2.11. The van der Waals surface area contributed by atoms with Crippen LogP contribution in [0.2, 0.25) is 0 Å². The second-order valence-electron chi connectivity index (χ2n) is 5.41.